The van der Waals surface area contributed by atoms with Gasteiger partial charge in [-0.1, -0.05) is 31.2 Å². The van der Waals surface area contributed by atoms with Gasteiger partial charge >= 0.3 is 0 Å². The van der Waals surface area contributed by atoms with E-state index in [2.05, 4.69) is 5.32 Å². The number of carbonyl (C=O) groups is 1. The zero-order valence-corrected chi connectivity index (χ0v) is 10.5. The molecule has 0 aliphatic heterocycles. The summed E-state index contributed by atoms with van der Waals surface area (Å²) in [6.45, 7) is 1.70. The lowest BCUT2D eigenvalue weighted by Crippen LogP contribution is -2.11. The molecule has 2 rings (SSSR count). The number of hydrogen-bond acceptors (Lipinski definition) is 2. The Bertz CT molecular complexity index is 570. The first-order chi connectivity index (χ1) is 9.20. The summed E-state index contributed by atoms with van der Waals surface area (Å²) >= 11 is 0. The fourth-order valence-electron chi connectivity index (χ4n) is 1.55. The molecule has 0 bridgehead atoms. The number of hydrogen-bond donors (Lipinski definition) is 1. The molecule has 0 aromatic heterocycles. The lowest BCUT2D eigenvalue weighted by molar-refractivity contribution is -0.115. The van der Waals surface area contributed by atoms with Gasteiger partial charge in [0.15, 0.2) is 11.6 Å². The molecule has 1 N–H and O–H groups in total. The van der Waals surface area contributed by atoms with Crippen LogP contribution in [0, 0.1) is 5.82 Å². The molecule has 2 aromatic carbocycles. The summed E-state index contributed by atoms with van der Waals surface area (Å²) in [5, 5.41) is 2.51. The maximum Gasteiger partial charge on any atom is 0.224 e. The molecule has 0 heterocycles. The van der Waals surface area contributed by atoms with Gasteiger partial charge in [-0.15, -0.1) is 0 Å². The Hall–Kier alpha value is -2.36. The molecule has 2 aromatic rings. The standard InChI is InChI=1S/C15H14FNO2/c1-2-14(18)17-15-12(16)9-6-10-13(15)19-11-7-4-3-5-8-11/h3-10H,2H2,1H3,(H,17,18). The van der Waals surface area contributed by atoms with E-state index in [-0.39, 0.29) is 23.8 Å². The summed E-state index contributed by atoms with van der Waals surface area (Å²) < 4.78 is 19.3. The third-order valence-electron chi connectivity index (χ3n) is 2.53. The molecule has 0 unspecified atom stereocenters. The number of para-hydroxylation sites is 2. The highest BCUT2D eigenvalue weighted by Gasteiger charge is 2.12. The Morgan fingerprint density at radius 3 is 2.58 bits per heavy atom. The van der Waals surface area contributed by atoms with Gasteiger partial charge in [0.1, 0.15) is 11.4 Å². The molecule has 0 spiro atoms. The largest absolute Gasteiger partial charge is 0.455 e. The van der Waals surface area contributed by atoms with Crippen molar-refractivity contribution in [3.63, 3.8) is 0 Å². The zero-order chi connectivity index (χ0) is 13.7. The molecule has 0 saturated heterocycles. The van der Waals surface area contributed by atoms with Gasteiger partial charge in [0.05, 0.1) is 0 Å². The zero-order valence-electron chi connectivity index (χ0n) is 10.5. The van der Waals surface area contributed by atoms with E-state index < -0.39 is 5.82 Å². The molecule has 0 fully saturated rings. The first-order valence-electron chi connectivity index (χ1n) is 6.02. The number of nitrogens with one attached hydrogen (secondary N) is 1. The van der Waals surface area contributed by atoms with Crippen molar-refractivity contribution in [2.75, 3.05) is 5.32 Å². The second kappa shape index (κ2) is 6.00. The molecule has 0 aliphatic rings. The van der Waals surface area contributed by atoms with Crippen molar-refractivity contribution in [2.45, 2.75) is 13.3 Å². The number of halogens is 1. The number of anilines is 1. The Labute approximate surface area is 111 Å². The highest BCUT2D eigenvalue weighted by atomic mass is 19.1. The third-order valence-corrected chi connectivity index (χ3v) is 2.53. The summed E-state index contributed by atoms with van der Waals surface area (Å²) in [4.78, 5) is 11.4. The van der Waals surface area contributed by atoms with Gasteiger partial charge in [-0.05, 0) is 24.3 Å². The summed E-state index contributed by atoms with van der Waals surface area (Å²) in [5.41, 5.74) is 0.0678. The van der Waals surface area contributed by atoms with Crippen molar-refractivity contribution in [3.8, 4) is 11.5 Å². The molecule has 1 amide bonds. The van der Waals surface area contributed by atoms with Gasteiger partial charge in [-0.25, -0.2) is 4.39 Å². The van der Waals surface area contributed by atoms with Crippen LogP contribution in [-0.2, 0) is 4.79 Å². The van der Waals surface area contributed by atoms with E-state index in [4.69, 9.17) is 4.74 Å². The van der Waals surface area contributed by atoms with Gasteiger partial charge in [0.2, 0.25) is 5.91 Å². The van der Waals surface area contributed by atoms with Crippen LogP contribution in [-0.4, -0.2) is 5.91 Å². The molecule has 4 heteroatoms. The molecule has 0 saturated carbocycles. The lowest BCUT2D eigenvalue weighted by atomic mass is 10.2. The molecule has 19 heavy (non-hydrogen) atoms. The molecule has 0 radical (unpaired) electrons. The Balaban J connectivity index is 2.29. The van der Waals surface area contributed by atoms with E-state index in [1.807, 2.05) is 18.2 Å². The van der Waals surface area contributed by atoms with Crippen LogP contribution in [0.3, 0.4) is 0 Å². The van der Waals surface area contributed by atoms with Crippen LogP contribution in [0.4, 0.5) is 10.1 Å². The number of benzene rings is 2. The van der Waals surface area contributed by atoms with E-state index >= 15 is 0 Å². The average Bonchev–Trinajstić information content (AvgIpc) is 2.43. The van der Waals surface area contributed by atoms with Crippen LogP contribution < -0.4 is 10.1 Å². The van der Waals surface area contributed by atoms with Gasteiger partial charge in [-0.2, -0.15) is 0 Å². The van der Waals surface area contributed by atoms with Crippen LogP contribution >= 0.6 is 0 Å². The second-order valence-corrected chi connectivity index (χ2v) is 3.93. The SMILES string of the molecule is CCC(=O)Nc1c(F)cccc1Oc1ccccc1. The monoisotopic (exact) mass is 259 g/mol. The number of ether oxygens (including phenoxy) is 1. The topological polar surface area (TPSA) is 38.3 Å². The highest BCUT2D eigenvalue weighted by Crippen LogP contribution is 2.31. The molecule has 98 valence electrons. The van der Waals surface area contributed by atoms with E-state index in [1.165, 1.54) is 12.1 Å². The van der Waals surface area contributed by atoms with Crippen LogP contribution in [0.2, 0.25) is 0 Å². The first kappa shape index (κ1) is 13.1. The number of amides is 1. The fourth-order valence-corrected chi connectivity index (χ4v) is 1.55. The van der Waals surface area contributed by atoms with Crippen molar-refractivity contribution in [2.24, 2.45) is 0 Å². The van der Waals surface area contributed by atoms with Crippen LogP contribution in [0.5, 0.6) is 11.5 Å². The molecular weight excluding hydrogens is 245 g/mol. The summed E-state index contributed by atoms with van der Waals surface area (Å²) in [6.07, 6.45) is 0.277. The summed E-state index contributed by atoms with van der Waals surface area (Å²) in [5.74, 6) is 0.0892. The molecule has 3 nitrogen and oxygen atoms in total. The van der Waals surface area contributed by atoms with Crippen molar-refractivity contribution >= 4 is 11.6 Å². The molecular formula is C15H14FNO2. The van der Waals surface area contributed by atoms with E-state index in [0.29, 0.717) is 5.75 Å². The Kier molecular flexibility index (Phi) is 4.13. The van der Waals surface area contributed by atoms with Gasteiger partial charge < -0.3 is 10.1 Å². The maximum atomic E-state index is 13.8. The van der Waals surface area contributed by atoms with Gasteiger partial charge in [-0.3, -0.25) is 4.79 Å². The Morgan fingerprint density at radius 1 is 1.16 bits per heavy atom. The highest BCUT2D eigenvalue weighted by molar-refractivity contribution is 5.92. The predicted octanol–water partition coefficient (Wildman–Crippen LogP) is 3.97. The second-order valence-electron chi connectivity index (χ2n) is 3.93. The fraction of sp³-hybridized carbons (Fsp3) is 0.133. The minimum atomic E-state index is -0.518. The minimum Gasteiger partial charge on any atom is -0.455 e. The minimum absolute atomic E-state index is 0.0678. The van der Waals surface area contributed by atoms with Crippen molar-refractivity contribution in [1.82, 2.24) is 0 Å². The van der Waals surface area contributed by atoms with Crippen molar-refractivity contribution < 1.29 is 13.9 Å². The Morgan fingerprint density at radius 2 is 1.89 bits per heavy atom. The predicted molar refractivity (Wildman–Crippen MR) is 71.8 cm³/mol. The number of carbonyl (C=O) groups excluding carboxylic acids is 1. The normalized spacial score (nSPS) is 10.0. The number of rotatable bonds is 4. The molecule has 0 aliphatic carbocycles. The maximum absolute atomic E-state index is 13.8. The van der Waals surface area contributed by atoms with Gasteiger partial charge in [0.25, 0.3) is 0 Å². The molecule has 0 atom stereocenters. The van der Waals surface area contributed by atoms with Crippen LogP contribution in [0.25, 0.3) is 0 Å². The van der Waals surface area contributed by atoms with Gasteiger partial charge in [0, 0.05) is 6.42 Å². The average molecular weight is 259 g/mol. The summed E-state index contributed by atoms with van der Waals surface area (Å²) in [7, 11) is 0. The van der Waals surface area contributed by atoms with E-state index in [1.54, 1.807) is 25.1 Å². The quantitative estimate of drug-likeness (QED) is 0.902. The first-order valence-corrected chi connectivity index (χ1v) is 6.02. The van der Waals surface area contributed by atoms with Crippen molar-refractivity contribution in [1.29, 1.82) is 0 Å². The van der Waals surface area contributed by atoms with Crippen LogP contribution in [0.15, 0.2) is 48.5 Å². The van der Waals surface area contributed by atoms with Crippen molar-refractivity contribution in [3.05, 3.63) is 54.3 Å². The summed E-state index contributed by atoms with van der Waals surface area (Å²) in [6, 6.07) is 13.4. The third kappa shape index (κ3) is 3.31. The smallest absolute Gasteiger partial charge is 0.224 e. The lowest BCUT2D eigenvalue weighted by Gasteiger charge is -2.12. The van der Waals surface area contributed by atoms with Crippen LogP contribution in [0.1, 0.15) is 13.3 Å². The van der Waals surface area contributed by atoms with E-state index in [9.17, 15) is 9.18 Å². The van der Waals surface area contributed by atoms with E-state index in [0.717, 1.165) is 0 Å².